The first-order chi connectivity index (χ1) is 14.3. The van der Waals surface area contributed by atoms with E-state index in [9.17, 15) is 23.3 Å². The van der Waals surface area contributed by atoms with E-state index < -0.39 is 20.9 Å². The summed E-state index contributed by atoms with van der Waals surface area (Å²) in [6, 6.07) is 9.58. The molecule has 11 heteroatoms. The molecular formula is C19H19ClN2O7S. The highest BCUT2D eigenvalue weighted by Crippen LogP contribution is 2.24. The molecule has 0 saturated carbocycles. The molecule has 0 aliphatic carbocycles. The summed E-state index contributed by atoms with van der Waals surface area (Å²) in [6.07, 6.45) is 1.43. The summed E-state index contributed by atoms with van der Waals surface area (Å²) in [5.41, 5.74) is -0.00521. The van der Waals surface area contributed by atoms with Gasteiger partial charge in [-0.25, -0.2) is 17.9 Å². The van der Waals surface area contributed by atoms with E-state index in [4.69, 9.17) is 21.1 Å². The maximum atomic E-state index is 12.6. The Morgan fingerprint density at radius 3 is 2.77 bits per heavy atom. The number of rotatable bonds is 8. The summed E-state index contributed by atoms with van der Waals surface area (Å²) in [6.45, 7) is 0.358. The number of halogens is 1. The van der Waals surface area contributed by atoms with Crippen molar-refractivity contribution < 1.29 is 27.6 Å². The van der Waals surface area contributed by atoms with Crippen molar-refractivity contribution in [3.05, 3.63) is 68.7 Å². The molecule has 9 nitrogen and oxygen atoms in total. The molecule has 0 spiro atoms. The van der Waals surface area contributed by atoms with Crippen LogP contribution in [-0.2, 0) is 26.1 Å². The second-order valence-corrected chi connectivity index (χ2v) is 8.74. The second-order valence-electron chi connectivity index (χ2n) is 6.59. The number of nitrogens with one attached hydrogen (secondary N) is 1. The van der Waals surface area contributed by atoms with Crippen LogP contribution in [0.2, 0.25) is 5.02 Å². The number of sulfonamides is 1. The fraction of sp³-hybridized carbons (Fsp3) is 0.316. The van der Waals surface area contributed by atoms with Crippen LogP contribution in [0.1, 0.15) is 28.8 Å². The molecule has 2 aromatic rings. The van der Waals surface area contributed by atoms with E-state index >= 15 is 0 Å². The Morgan fingerprint density at radius 1 is 1.30 bits per heavy atom. The Kier molecular flexibility index (Phi) is 7.03. The number of nitro benzene ring substituents is 1. The van der Waals surface area contributed by atoms with Gasteiger partial charge in [0, 0.05) is 19.2 Å². The topological polar surface area (TPSA) is 125 Å². The zero-order valence-electron chi connectivity index (χ0n) is 15.7. The highest BCUT2D eigenvalue weighted by molar-refractivity contribution is 7.89. The van der Waals surface area contributed by atoms with Crippen LogP contribution in [0.25, 0.3) is 0 Å². The Morgan fingerprint density at radius 2 is 2.07 bits per heavy atom. The van der Waals surface area contributed by atoms with Crippen molar-refractivity contribution in [2.45, 2.75) is 30.4 Å². The Bertz CT molecular complexity index is 1050. The molecule has 0 aromatic heterocycles. The number of carbonyl (C=O) groups excluding carboxylic acids is 1. The quantitative estimate of drug-likeness (QED) is 0.369. The second kappa shape index (κ2) is 9.52. The lowest BCUT2D eigenvalue weighted by Gasteiger charge is -2.13. The van der Waals surface area contributed by atoms with E-state index in [-0.39, 0.29) is 46.0 Å². The van der Waals surface area contributed by atoms with Gasteiger partial charge in [-0.15, -0.1) is 0 Å². The number of ether oxygens (including phenoxy) is 2. The summed E-state index contributed by atoms with van der Waals surface area (Å²) in [5, 5.41) is 11.0. The SMILES string of the molecule is O=C(OCc1ccccc1[N+](=O)[O-])c1ccc(Cl)c(S(=O)(=O)NCC2CCCO2)c1. The van der Waals surface area contributed by atoms with Gasteiger partial charge in [0.1, 0.15) is 11.5 Å². The summed E-state index contributed by atoms with van der Waals surface area (Å²) in [5.74, 6) is -0.833. The minimum atomic E-state index is -3.98. The summed E-state index contributed by atoms with van der Waals surface area (Å²) in [7, 11) is -3.98. The van der Waals surface area contributed by atoms with Crippen LogP contribution in [0.3, 0.4) is 0 Å². The molecule has 1 unspecified atom stereocenters. The van der Waals surface area contributed by atoms with Crippen LogP contribution in [0.5, 0.6) is 0 Å². The summed E-state index contributed by atoms with van der Waals surface area (Å²) < 4.78 is 38.2. The predicted molar refractivity (Wildman–Crippen MR) is 108 cm³/mol. The molecule has 160 valence electrons. The number of nitro groups is 1. The number of esters is 1. The first kappa shape index (κ1) is 22.2. The van der Waals surface area contributed by atoms with Gasteiger partial charge in [-0.2, -0.15) is 0 Å². The molecule has 1 heterocycles. The molecule has 1 atom stereocenters. The molecule has 2 aromatic carbocycles. The maximum absolute atomic E-state index is 12.6. The third-order valence-electron chi connectivity index (χ3n) is 4.53. The van der Waals surface area contributed by atoms with E-state index in [0.29, 0.717) is 6.61 Å². The fourth-order valence-corrected chi connectivity index (χ4v) is 4.55. The van der Waals surface area contributed by atoms with E-state index in [1.165, 1.54) is 30.3 Å². The van der Waals surface area contributed by atoms with Gasteiger partial charge in [-0.1, -0.05) is 23.7 Å². The lowest BCUT2D eigenvalue weighted by atomic mass is 10.2. The van der Waals surface area contributed by atoms with Gasteiger partial charge in [-0.3, -0.25) is 10.1 Å². The highest BCUT2D eigenvalue weighted by atomic mass is 35.5. The molecule has 1 aliphatic heterocycles. The van der Waals surface area contributed by atoms with E-state index in [0.717, 1.165) is 18.9 Å². The van der Waals surface area contributed by atoms with Crippen molar-refractivity contribution in [2.24, 2.45) is 0 Å². The van der Waals surface area contributed by atoms with Crippen molar-refractivity contribution >= 4 is 33.3 Å². The number of nitrogens with zero attached hydrogens (tertiary/aromatic N) is 1. The first-order valence-electron chi connectivity index (χ1n) is 9.08. The summed E-state index contributed by atoms with van der Waals surface area (Å²) in [4.78, 5) is 22.6. The fourth-order valence-electron chi connectivity index (χ4n) is 2.96. The number of benzene rings is 2. The molecule has 30 heavy (non-hydrogen) atoms. The number of carbonyl (C=O) groups is 1. The highest BCUT2D eigenvalue weighted by Gasteiger charge is 2.24. The van der Waals surface area contributed by atoms with Crippen molar-refractivity contribution in [2.75, 3.05) is 13.2 Å². The Balaban J connectivity index is 1.72. The molecule has 1 N–H and O–H groups in total. The molecule has 0 radical (unpaired) electrons. The molecule has 1 aliphatic rings. The number of hydrogen-bond donors (Lipinski definition) is 1. The lowest BCUT2D eigenvalue weighted by molar-refractivity contribution is -0.385. The third kappa shape index (κ3) is 5.33. The smallest absolute Gasteiger partial charge is 0.338 e. The normalized spacial score (nSPS) is 16.4. The van der Waals surface area contributed by atoms with Crippen molar-refractivity contribution in [1.29, 1.82) is 0 Å². The van der Waals surface area contributed by atoms with Crippen LogP contribution in [0.15, 0.2) is 47.4 Å². The molecule has 1 fully saturated rings. The van der Waals surface area contributed by atoms with E-state index in [1.54, 1.807) is 6.07 Å². The molecule has 0 bridgehead atoms. The molecule has 0 amide bonds. The number of hydrogen-bond acceptors (Lipinski definition) is 7. The van der Waals surface area contributed by atoms with Crippen LogP contribution < -0.4 is 4.72 Å². The molecular weight excluding hydrogens is 436 g/mol. The van der Waals surface area contributed by atoms with Crippen LogP contribution >= 0.6 is 11.6 Å². The van der Waals surface area contributed by atoms with Crippen molar-refractivity contribution in [3.63, 3.8) is 0 Å². The summed E-state index contributed by atoms with van der Waals surface area (Å²) >= 11 is 6.03. The predicted octanol–water partition coefficient (Wildman–Crippen LogP) is 3.06. The third-order valence-corrected chi connectivity index (χ3v) is 6.43. The minimum Gasteiger partial charge on any atom is -0.457 e. The average Bonchev–Trinajstić information content (AvgIpc) is 3.24. The van der Waals surface area contributed by atoms with Crippen molar-refractivity contribution in [1.82, 2.24) is 4.72 Å². The van der Waals surface area contributed by atoms with Crippen LogP contribution in [0.4, 0.5) is 5.69 Å². The average molecular weight is 455 g/mol. The van der Waals surface area contributed by atoms with Gasteiger partial charge in [0.25, 0.3) is 5.69 Å². The van der Waals surface area contributed by atoms with Gasteiger partial charge < -0.3 is 9.47 Å². The van der Waals surface area contributed by atoms with E-state index in [2.05, 4.69) is 4.72 Å². The zero-order chi connectivity index (χ0) is 21.7. The first-order valence-corrected chi connectivity index (χ1v) is 10.9. The zero-order valence-corrected chi connectivity index (χ0v) is 17.3. The van der Waals surface area contributed by atoms with Crippen LogP contribution in [0, 0.1) is 10.1 Å². The van der Waals surface area contributed by atoms with Gasteiger partial charge in [-0.05, 0) is 37.1 Å². The molecule has 1 saturated heterocycles. The van der Waals surface area contributed by atoms with Gasteiger partial charge >= 0.3 is 5.97 Å². The monoisotopic (exact) mass is 454 g/mol. The van der Waals surface area contributed by atoms with Gasteiger partial charge in [0.05, 0.1) is 27.2 Å². The largest absolute Gasteiger partial charge is 0.457 e. The lowest BCUT2D eigenvalue weighted by Crippen LogP contribution is -2.32. The van der Waals surface area contributed by atoms with E-state index in [1.807, 2.05) is 0 Å². The van der Waals surface area contributed by atoms with Gasteiger partial charge in [0.2, 0.25) is 10.0 Å². The Labute approximate surface area is 178 Å². The maximum Gasteiger partial charge on any atom is 0.338 e. The number of para-hydroxylation sites is 1. The standard InChI is InChI=1S/C19H19ClN2O7S/c20-16-8-7-13(10-18(16)30(26,27)21-11-15-5-3-9-28-15)19(23)29-12-14-4-1-2-6-17(14)22(24)25/h1-2,4,6-8,10,15,21H,3,5,9,11-12H2. The van der Waals surface area contributed by atoms with Crippen molar-refractivity contribution in [3.8, 4) is 0 Å². The Hall–Kier alpha value is -2.53. The minimum absolute atomic E-state index is 0.0459. The van der Waals surface area contributed by atoms with Gasteiger partial charge in [0.15, 0.2) is 0 Å². The molecule has 3 rings (SSSR count). The van der Waals surface area contributed by atoms with Crippen LogP contribution in [-0.4, -0.2) is 38.6 Å².